The van der Waals surface area contributed by atoms with Crippen molar-refractivity contribution in [1.82, 2.24) is 4.72 Å². The van der Waals surface area contributed by atoms with Crippen LogP contribution in [0.15, 0.2) is 64.4 Å². The van der Waals surface area contributed by atoms with Crippen molar-refractivity contribution in [2.24, 2.45) is 0 Å². The lowest BCUT2D eigenvalue weighted by molar-refractivity contribution is 0.588. The van der Waals surface area contributed by atoms with Crippen LogP contribution < -0.4 is 9.44 Å². The number of hydrogen-bond acceptors (Lipinski definition) is 4. The number of rotatable bonds is 5. The van der Waals surface area contributed by atoms with Crippen molar-refractivity contribution < 1.29 is 16.8 Å². The van der Waals surface area contributed by atoms with Crippen molar-refractivity contribution in [3.63, 3.8) is 0 Å². The van der Waals surface area contributed by atoms with Crippen LogP contribution in [-0.2, 0) is 20.0 Å². The predicted molar refractivity (Wildman–Crippen MR) is 79.9 cm³/mol. The third kappa shape index (κ3) is 3.60. The van der Waals surface area contributed by atoms with Crippen LogP contribution in [0.5, 0.6) is 0 Å². The van der Waals surface area contributed by atoms with Gasteiger partial charge >= 0.3 is 0 Å². The Kier molecular flexibility index (Phi) is 4.31. The monoisotopic (exact) mass is 326 g/mol. The lowest BCUT2D eigenvalue weighted by Crippen LogP contribution is -2.19. The molecule has 0 heterocycles. The van der Waals surface area contributed by atoms with Gasteiger partial charge in [0.15, 0.2) is 0 Å². The van der Waals surface area contributed by atoms with Gasteiger partial charge in [0.25, 0.3) is 10.0 Å². The van der Waals surface area contributed by atoms with E-state index >= 15 is 0 Å². The summed E-state index contributed by atoms with van der Waals surface area (Å²) in [6, 6.07) is 13.4. The molecule has 112 valence electrons. The Morgan fingerprint density at radius 2 is 1.38 bits per heavy atom. The highest BCUT2D eigenvalue weighted by atomic mass is 32.2. The highest BCUT2D eigenvalue weighted by molar-refractivity contribution is 7.92. The molecular formula is C13H14N2O4S2. The number of anilines is 1. The van der Waals surface area contributed by atoms with Crippen LogP contribution >= 0.6 is 0 Å². The van der Waals surface area contributed by atoms with E-state index in [-0.39, 0.29) is 15.5 Å². The minimum atomic E-state index is -3.75. The minimum Gasteiger partial charge on any atom is -0.280 e. The predicted octanol–water partition coefficient (Wildman–Crippen LogP) is 1.40. The van der Waals surface area contributed by atoms with E-state index in [0.29, 0.717) is 0 Å². The maximum Gasteiger partial charge on any atom is 0.261 e. The molecule has 21 heavy (non-hydrogen) atoms. The molecule has 0 fully saturated rings. The van der Waals surface area contributed by atoms with Crippen LogP contribution in [0.25, 0.3) is 0 Å². The van der Waals surface area contributed by atoms with Crippen molar-refractivity contribution in [3.8, 4) is 0 Å². The van der Waals surface area contributed by atoms with Crippen molar-refractivity contribution in [2.45, 2.75) is 9.79 Å². The molecule has 0 aliphatic rings. The van der Waals surface area contributed by atoms with Crippen molar-refractivity contribution >= 4 is 25.7 Å². The van der Waals surface area contributed by atoms with Gasteiger partial charge in [0.1, 0.15) is 0 Å². The zero-order chi connectivity index (χ0) is 15.5. The molecule has 0 aliphatic heterocycles. The maximum absolute atomic E-state index is 12.2. The molecule has 2 aromatic rings. The summed E-state index contributed by atoms with van der Waals surface area (Å²) in [7, 11) is -6.09. The van der Waals surface area contributed by atoms with Gasteiger partial charge in [0.05, 0.1) is 15.5 Å². The average Bonchev–Trinajstić information content (AvgIpc) is 2.48. The van der Waals surface area contributed by atoms with Crippen LogP contribution in [0.1, 0.15) is 0 Å². The standard InChI is InChI=1S/C13H14N2O4S2/c1-14-20(16,17)13-9-5-6-11(10-13)15-21(18,19)12-7-3-2-4-8-12/h2-10,14-15H,1H3. The smallest absolute Gasteiger partial charge is 0.261 e. The Morgan fingerprint density at radius 1 is 0.762 bits per heavy atom. The highest BCUT2D eigenvalue weighted by Crippen LogP contribution is 2.19. The van der Waals surface area contributed by atoms with Gasteiger partial charge < -0.3 is 0 Å². The summed E-state index contributed by atoms with van der Waals surface area (Å²) in [4.78, 5) is 0.0881. The van der Waals surface area contributed by atoms with E-state index < -0.39 is 20.0 Å². The Bertz CT molecular complexity index is 831. The summed E-state index contributed by atoms with van der Waals surface area (Å²) in [6.07, 6.45) is 0. The zero-order valence-corrected chi connectivity index (χ0v) is 12.8. The molecule has 6 nitrogen and oxygen atoms in total. The normalized spacial score (nSPS) is 12.0. The molecule has 0 bridgehead atoms. The quantitative estimate of drug-likeness (QED) is 0.868. The van der Waals surface area contributed by atoms with Crippen LogP contribution in [0.2, 0.25) is 0 Å². The first-order chi connectivity index (χ1) is 9.85. The highest BCUT2D eigenvalue weighted by Gasteiger charge is 2.16. The molecule has 0 saturated heterocycles. The summed E-state index contributed by atoms with van der Waals surface area (Å²) in [6.45, 7) is 0. The summed E-state index contributed by atoms with van der Waals surface area (Å²) >= 11 is 0. The Balaban J connectivity index is 2.35. The molecule has 2 N–H and O–H groups in total. The van der Waals surface area contributed by atoms with E-state index in [1.807, 2.05) is 0 Å². The second-order valence-corrected chi connectivity index (χ2v) is 7.72. The number of hydrogen-bond donors (Lipinski definition) is 2. The van der Waals surface area contributed by atoms with Gasteiger partial charge in [-0.15, -0.1) is 0 Å². The molecule has 0 atom stereocenters. The number of benzene rings is 2. The maximum atomic E-state index is 12.2. The zero-order valence-electron chi connectivity index (χ0n) is 11.1. The fraction of sp³-hybridized carbons (Fsp3) is 0.0769. The molecule has 2 rings (SSSR count). The van der Waals surface area contributed by atoms with Crippen LogP contribution in [-0.4, -0.2) is 23.9 Å². The molecule has 0 unspecified atom stereocenters. The molecule has 8 heteroatoms. The lowest BCUT2D eigenvalue weighted by atomic mass is 10.3. The molecule has 0 aromatic heterocycles. The SMILES string of the molecule is CNS(=O)(=O)c1cccc(NS(=O)(=O)c2ccccc2)c1. The molecule has 0 spiro atoms. The lowest BCUT2D eigenvalue weighted by Gasteiger charge is -2.09. The van der Waals surface area contributed by atoms with Gasteiger partial charge in [-0.1, -0.05) is 24.3 Å². The summed E-state index contributed by atoms with van der Waals surface area (Å²) < 4.78 is 52.2. The molecule has 0 saturated carbocycles. The molecule has 0 aliphatic carbocycles. The van der Waals surface area contributed by atoms with Crippen LogP contribution in [0, 0.1) is 0 Å². The van der Waals surface area contributed by atoms with Crippen molar-refractivity contribution in [2.75, 3.05) is 11.8 Å². The average molecular weight is 326 g/mol. The van der Waals surface area contributed by atoms with Gasteiger partial charge in [-0.05, 0) is 37.4 Å². The van der Waals surface area contributed by atoms with Crippen molar-refractivity contribution in [1.29, 1.82) is 0 Å². The van der Waals surface area contributed by atoms with E-state index in [2.05, 4.69) is 9.44 Å². The Hall–Kier alpha value is -1.90. The van der Waals surface area contributed by atoms with E-state index in [1.165, 1.54) is 43.4 Å². The first kappa shape index (κ1) is 15.5. The Morgan fingerprint density at radius 3 is 2.00 bits per heavy atom. The fourth-order valence-electron chi connectivity index (χ4n) is 1.66. The molecule has 2 aromatic carbocycles. The fourth-order valence-corrected chi connectivity index (χ4v) is 3.50. The molecular weight excluding hydrogens is 312 g/mol. The van der Waals surface area contributed by atoms with Gasteiger partial charge in [0, 0.05) is 0 Å². The van der Waals surface area contributed by atoms with Crippen molar-refractivity contribution in [3.05, 3.63) is 54.6 Å². The second kappa shape index (κ2) is 5.84. The van der Waals surface area contributed by atoms with Gasteiger partial charge in [0.2, 0.25) is 10.0 Å². The topological polar surface area (TPSA) is 92.3 Å². The summed E-state index contributed by atoms with van der Waals surface area (Å²) in [5, 5.41) is 0. The Labute approximate surface area is 123 Å². The number of sulfonamides is 2. The van der Waals surface area contributed by atoms with Gasteiger partial charge in [-0.3, -0.25) is 4.72 Å². The first-order valence-electron chi connectivity index (χ1n) is 5.97. The van der Waals surface area contributed by atoms with Crippen LogP contribution in [0.4, 0.5) is 5.69 Å². The summed E-state index contributed by atoms with van der Waals surface area (Å²) in [5.41, 5.74) is 0.176. The van der Waals surface area contributed by atoms with E-state index in [1.54, 1.807) is 18.2 Å². The molecule has 0 amide bonds. The largest absolute Gasteiger partial charge is 0.280 e. The van der Waals surface area contributed by atoms with E-state index in [9.17, 15) is 16.8 Å². The minimum absolute atomic E-state index is 0.0155. The third-order valence-corrected chi connectivity index (χ3v) is 5.53. The van der Waals surface area contributed by atoms with E-state index in [0.717, 1.165) is 0 Å². The van der Waals surface area contributed by atoms with Crippen LogP contribution in [0.3, 0.4) is 0 Å². The number of nitrogens with one attached hydrogen (secondary N) is 2. The second-order valence-electron chi connectivity index (χ2n) is 4.15. The van der Waals surface area contributed by atoms with Gasteiger partial charge in [-0.25, -0.2) is 21.6 Å². The molecule has 0 radical (unpaired) electrons. The van der Waals surface area contributed by atoms with Gasteiger partial charge in [-0.2, -0.15) is 0 Å². The third-order valence-electron chi connectivity index (χ3n) is 2.72. The first-order valence-corrected chi connectivity index (χ1v) is 8.93. The van der Waals surface area contributed by atoms with E-state index in [4.69, 9.17) is 0 Å². The summed E-state index contributed by atoms with van der Waals surface area (Å²) in [5.74, 6) is 0.